The van der Waals surface area contributed by atoms with Gasteiger partial charge in [-0.2, -0.15) is 0 Å². The van der Waals surface area contributed by atoms with Crippen LogP contribution in [0.3, 0.4) is 0 Å². The van der Waals surface area contributed by atoms with Crippen LogP contribution in [0.4, 0.5) is 4.39 Å². The van der Waals surface area contributed by atoms with E-state index in [2.05, 4.69) is 27.3 Å². The molecule has 0 bridgehead atoms. The number of hydrogen-bond donors (Lipinski definition) is 0. The van der Waals surface area contributed by atoms with E-state index in [-0.39, 0.29) is 6.67 Å². The Morgan fingerprint density at radius 2 is 2.25 bits per heavy atom. The highest BCUT2D eigenvalue weighted by molar-refractivity contribution is 7.78. The molecule has 12 heavy (non-hydrogen) atoms. The lowest BCUT2D eigenvalue weighted by Crippen LogP contribution is -2.27. The first-order valence-electron chi connectivity index (χ1n) is 4.17. The smallest absolute Gasteiger partial charge is 0.102 e. The molecule has 0 aromatic carbocycles. The summed E-state index contributed by atoms with van der Waals surface area (Å²) >= 11 is 4.42. The maximum Gasteiger partial charge on any atom is 0.102 e. The predicted molar refractivity (Wildman–Crippen MR) is 52.6 cm³/mol. The lowest BCUT2D eigenvalue weighted by atomic mass is 10.4. The van der Waals surface area contributed by atoms with Gasteiger partial charge in [-0.05, 0) is 25.2 Å². The molecule has 0 unspecified atom stereocenters. The van der Waals surface area contributed by atoms with Gasteiger partial charge in [0, 0.05) is 13.1 Å². The van der Waals surface area contributed by atoms with Crippen LogP contribution >= 0.6 is 12.2 Å². The van der Waals surface area contributed by atoms with Gasteiger partial charge in [0.15, 0.2) is 0 Å². The van der Waals surface area contributed by atoms with E-state index in [4.69, 9.17) is 0 Å². The minimum Gasteiger partial charge on any atom is -0.301 e. The van der Waals surface area contributed by atoms with Gasteiger partial charge in [-0.25, -0.2) is 9.38 Å². The number of thiocarbonyl (C=S) groups is 1. The van der Waals surface area contributed by atoms with Crippen molar-refractivity contribution in [2.24, 2.45) is 4.99 Å². The third-order valence-electron chi connectivity index (χ3n) is 1.66. The monoisotopic (exact) mass is 190 g/mol. The first-order valence-corrected chi connectivity index (χ1v) is 4.58. The number of isothiocyanates is 1. The summed E-state index contributed by atoms with van der Waals surface area (Å²) < 4.78 is 11.9. The molecule has 2 nitrogen and oxygen atoms in total. The van der Waals surface area contributed by atoms with Gasteiger partial charge < -0.3 is 4.90 Å². The Labute approximate surface area is 78.5 Å². The molecule has 4 heteroatoms. The van der Waals surface area contributed by atoms with Gasteiger partial charge in [0.1, 0.15) is 6.67 Å². The third kappa shape index (κ3) is 6.40. The van der Waals surface area contributed by atoms with Crippen LogP contribution in [0.1, 0.15) is 13.3 Å². The van der Waals surface area contributed by atoms with Crippen molar-refractivity contribution in [3.05, 3.63) is 0 Å². The third-order valence-corrected chi connectivity index (χ3v) is 1.79. The van der Waals surface area contributed by atoms with E-state index in [1.807, 2.05) is 6.92 Å². The zero-order chi connectivity index (χ0) is 9.23. The molecule has 0 N–H and O–H groups in total. The number of alkyl halides is 1. The molecule has 0 fully saturated rings. The fourth-order valence-electron chi connectivity index (χ4n) is 0.967. The Balaban J connectivity index is 3.36. The lowest BCUT2D eigenvalue weighted by molar-refractivity contribution is 0.258. The highest BCUT2D eigenvalue weighted by Crippen LogP contribution is 1.91. The molecule has 0 aliphatic rings. The Hall–Kier alpha value is -0.310. The van der Waals surface area contributed by atoms with E-state index in [1.165, 1.54) is 0 Å². The molecule has 0 rings (SSSR count). The van der Waals surface area contributed by atoms with Gasteiger partial charge in [-0.1, -0.05) is 6.92 Å². The summed E-state index contributed by atoms with van der Waals surface area (Å²) in [4.78, 5) is 5.84. The van der Waals surface area contributed by atoms with Crippen LogP contribution in [0.25, 0.3) is 0 Å². The van der Waals surface area contributed by atoms with E-state index in [0.29, 0.717) is 13.1 Å². The highest BCUT2D eigenvalue weighted by Gasteiger charge is 1.99. The molecule has 0 aromatic heterocycles. The molecule has 70 valence electrons. The van der Waals surface area contributed by atoms with Crippen molar-refractivity contribution in [1.82, 2.24) is 4.90 Å². The van der Waals surface area contributed by atoms with E-state index in [0.717, 1.165) is 19.5 Å². The number of halogens is 1. The number of nitrogens with zero attached hydrogens (tertiary/aromatic N) is 2. The van der Waals surface area contributed by atoms with E-state index in [1.54, 1.807) is 0 Å². The Kier molecular flexibility index (Phi) is 8.56. The van der Waals surface area contributed by atoms with Gasteiger partial charge in [-0.3, -0.25) is 0 Å². The van der Waals surface area contributed by atoms with Crippen LogP contribution in [0, 0.1) is 0 Å². The second-order valence-corrected chi connectivity index (χ2v) is 2.63. The van der Waals surface area contributed by atoms with Gasteiger partial charge in [0.2, 0.25) is 0 Å². The summed E-state index contributed by atoms with van der Waals surface area (Å²) in [6, 6.07) is 0. The normalized spacial score (nSPS) is 9.92. The van der Waals surface area contributed by atoms with Crippen molar-refractivity contribution < 1.29 is 4.39 Å². The van der Waals surface area contributed by atoms with Crippen LogP contribution in [0.15, 0.2) is 4.99 Å². The Bertz CT molecular complexity index is 146. The van der Waals surface area contributed by atoms with Crippen molar-refractivity contribution in [3.63, 3.8) is 0 Å². The summed E-state index contributed by atoms with van der Waals surface area (Å²) in [5.41, 5.74) is 0. The number of hydrogen-bond acceptors (Lipinski definition) is 3. The maximum absolute atomic E-state index is 11.9. The van der Waals surface area contributed by atoms with Crippen LogP contribution < -0.4 is 0 Å². The second kappa shape index (κ2) is 8.78. The molecule has 0 saturated heterocycles. The molecule has 0 aliphatic carbocycles. The summed E-state index contributed by atoms with van der Waals surface area (Å²) in [7, 11) is 0. The molecule has 0 saturated carbocycles. The summed E-state index contributed by atoms with van der Waals surface area (Å²) in [6.45, 7) is 4.76. The average molecular weight is 190 g/mol. The molecule has 0 radical (unpaired) electrons. The van der Waals surface area contributed by atoms with E-state index >= 15 is 0 Å². The van der Waals surface area contributed by atoms with Crippen molar-refractivity contribution in [3.8, 4) is 0 Å². The molecule has 0 heterocycles. The molecular weight excluding hydrogens is 175 g/mol. The summed E-state index contributed by atoms with van der Waals surface area (Å²) in [5.74, 6) is 0. The van der Waals surface area contributed by atoms with E-state index in [9.17, 15) is 4.39 Å². The van der Waals surface area contributed by atoms with Gasteiger partial charge >= 0.3 is 0 Å². The zero-order valence-electron chi connectivity index (χ0n) is 7.42. The summed E-state index contributed by atoms with van der Waals surface area (Å²) in [6.07, 6.45) is 0.928. The maximum atomic E-state index is 11.9. The molecular formula is C8H15FN2S. The Morgan fingerprint density at radius 1 is 1.50 bits per heavy atom. The molecule has 0 amide bonds. The highest BCUT2D eigenvalue weighted by atomic mass is 32.1. The number of rotatable bonds is 7. The quantitative estimate of drug-likeness (QED) is 0.345. The minimum atomic E-state index is -0.274. The second-order valence-electron chi connectivity index (χ2n) is 2.45. The van der Waals surface area contributed by atoms with E-state index < -0.39 is 0 Å². The molecule has 0 aliphatic heterocycles. The van der Waals surface area contributed by atoms with Crippen LogP contribution in [-0.4, -0.2) is 42.9 Å². The van der Waals surface area contributed by atoms with Crippen molar-refractivity contribution in [2.75, 3.05) is 32.9 Å². The standard InChI is InChI=1S/C8H15FN2S/c1-2-11(7-4-9)6-3-5-10-8-12/h2-7H2,1H3. The molecule has 0 spiro atoms. The number of aliphatic imine (C=N–C) groups is 1. The van der Waals surface area contributed by atoms with Gasteiger partial charge in [0.25, 0.3) is 0 Å². The fraction of sp³-hybridized carbons (Fsp3) is 0.875. The lowest BCUT2D eigenvalue weighted by Gasteiger charge is -2.17. The fourth-order valence-corrected chi connectivity index (χ4v) is 1.06. The summed E-state index contributed by atoms with van der Waals surface area (Å²) in [5, 5.41) is 2.31. The molecule has 0 atom stereocenters. The minimum absolute atomic E-state index is 0.274. The van der Waals surface area contributed by atoms with Crippen molar-refractivity contribution >= 4 is 17.4 Å². The van der Waals surface area contributed by atoms with Gasteiger partial charge in [-0.15, -0.1) is 0 Å². The van der Waals surface area contributed by atoms with Crippen LogP contribution in [0.2, 0.25) is 0 Å². The first kappa shape index (κ1) is 11.7. The van der Waals surface area contributed by atoms with Crippen LogP contribution in [0.5, 0.6) is 0 Å². The average Bonchev–Trinajstić information content (AvgIpc) is 2.10. The predicted octanol–water partition coefficient (Wildman–Crippen LogP) is 1.77. The first-order chi connectivity index (χ1) is 5.85. The van der Waals surface area contributed by atoms with Gasteiger partial charge in [0.05, 0.1) is 11.7 Å². The molecule has 0 aromatic rings. The topological polar surface area (TPSA) is 15.6 Å². The largest absolute Gasteiger partial charge is 0.301 e. The van der Waals surface area contributed by atoms with Crippen molar-refractivity contribution in [2.45, 2.75) is 13.3 Å². The zero-order valence-corrected chi connectivity index (χ0v) is 8.24. The Morgan fingerprint density at radius 3 is 2.75 bits per heavy atom. The van der Waals surface area contributed by atoms with Crippen molar-refractivity contribution in [1.29, 1.82) is 0 Å². The van der Waals surface area contributed by atoms with Crippen LogP contribution in [-0.2, 0) is 0 Å². The SMILES string of the molecule is CCN(CCF)CCCN=C=S.